The Morgan fingerprint density at radius 1 is 1.47 bits per heavy atom. The van der Waals surface area contributed by atoms with Gasteiger partial charge in [0, 0.05) is 24.4 Å². The van der Waals surface area contributed by atoms with Crippen molar-refractivity contribution in [2.24, 2.45) is 0 Å². The fourth-order valence-electron chi connectivity index (χ4n) is 1.22. The van der Waals surface area contributed by atoms with E-state index < -0.39 is 0 Å². The molecule has 0 heterocycles. The molecule has 0 amide bonds. The minimum absolute atomic E-state index is 0.0349. The summed E-state index contributed by atoms with van der Waals surface area (Å²) in [7, 11) is 1.69. The quantitative estimate of drug-likeness (QED) is 0.618. The first-order chi connectivity index (χ1) is 7.29. The lowest BCUT2D eigenvalue weighted by Crippen LogP contribution is -1.93. The summed E-state index contributed by atoms with van der Waals surface area (Å²) < 4.78 is 4.97. The molecule has 1 N–H and O–H groups in total. The fraction of sp³-hybridized carbons (Fsp3) is 0.455. The van der Waals surface area contributed by atoms with Crippen LogP contribution in [0.3, 0.4) is 0 Å². The van der Waals surface area contributed by atoms with E-state index in [0.29, 0.717) is 5.02 Å². The van der Waals surface area contributed by atoms with Crippen LogP contribution in [0.4, 0.5) is 0 Å². The molecule has 0 aliphatic rings. The van der Waals surface area contributed by atoms with Gasteiger partial charge in [0.15, 0.2) is 0 Å². The Kier molecular flexibility index (Phi) is 6.10. The Balaban J connectivity index is 2.58. The molecule has 0 aliphatic carbocycles. The molecule has 1 aromatic rings. The maximum atomic E-state index is 9.15. The Morgan fingerprint density at radius 3 is 2.93 bits per heavy atom. The second kappa shape index (κ2) is 7.12. The van der Waals surface area contributed by atoms with Crippen LogP contribution in [0.1, 0.15) is 12.0 Å². The smallest absolute Gasteiger partial charge is 0.0693 e. The number of hydrogen-bond donors (Lipinski definition) is 1. The van der Waals surface area contributed by atoms with E-state index in [1.165, 1.54) is 0 Å². The van der Waals surface area contributed by atoms with E-state index in [-0.39, 0.29) is 6.61 Å². The van der Waals surface area contributed by atoms with E-state index in [4.69, 9.17) is 21.4 Å². The molecule has 4 heteroatoms. The van der Waals surface area contributed by atoms with E-state index >= 15 is 0 Å². The topological polar surface area (TPSA) is 29.5 Å². The summed E-state index contributed by atoms with van der Waals surface area (Å²) in [6.45, 7) is 0.791. The minimum atomic E-state index is 0.0349. The molecule has 0 saturated heterocycles. The van der Waals surface area contributed by atoms with Crippen LogP contribution in [0.25, 0.3) is 0 Å². The average molecular weight is 247 g/mol. The van der Waals surface area contributed by atoms with Gasteiger partial charge in [0.25, 0.3) is 0 Å². The Bertz CT molecular complexity index is 305. The van der Waals surface area contributed by atoms with E-state index in [2.05, 4.69) is 0 Å². The minimum Gasteiger partial charge on any atom is -0.392 e. The van der Waals surface area contributed by atoms with Crippen molar-refractivity contribution in [1.29, 1.82) is 0 Å². The number of benzene rings is 1. The van der Waals surface area contributed by atoms with Gasteiger partial charge in [0.2, 0.25) is 0 Å². The lowest BCUT2D eigenvalue weighted by molar-refractivity contribution is 0.200. The molecule has 0 fully saturated rings. The zero-order valence-electron chi connectivity index (χ0n) is 8.70. The number of ether oxygens (including phenoxy) is 1. The average Bonchev–Trinajstić information content (AvgIpc) is 2.26. The molecule has 84 valence electrons. The third-order valence-corrected chi connectivity index (χ3v) is 3.65. The maximum Gasteiger partial charge on any atom is 0.0693 e. The predicted molar refractivity (Wildman–Crippen MR) is 64.6 cm³/mol. The van der Waals surface area contributed by atoms with Crippen LogP contribution in [0, 0.1) is 0 Å². The van der Waals surface area contributed by atoms with Crippen molar-refractivity contribution in [3.05, 3.63) is 28.8 Å². The van der Waals surface area contributed by atoms with Crippen molar-refractivity contribution < 1.29 is 9.84 Å². The highest BCUT2D eigenvalue weighted by Crippen LogP contribution is 2.31. The third kappa shape index (κ3) is 4.03. The maximum absolute atomic E-state index is 9.15. The van der Waals surface area contributed by atoms with Gasteiger partial charge in [-0.3, -0.25) is 0 Å². The first-order valence-electron chi connectivity index (χ1n) is 4.79. The van der Waals surface area contributed by atoms with Crippen molar-refractivity contribution in [3.8, 4) is 0 Å². The zero-order valence-corrected chi connectivity index (χ0v) is 10.3. The number of methoxy groups -OCH3 is 1. The Hall–Kier alpha value is -0.220. The zero-order chi connectivity index (χ0) is 11.1. The molecule has 1 aromatic carbocycles. The molecule has 0 aliphatic heterocycles. The molecule has 0 saturated carbocycles. The Labute approximate surface area is 99.6 Å². The molecule has 0 unspecified atom stereocenters. The van der Waals surface area contributed by atoms with Gasteiger partial charge in [-0.1, -0.05) is 23.7 Å². The number of halogens is 1. The van der Waals surface area contributed by atoms with E-state index in [9.17, 15) is 0 Å². The summed E-state index contributed by atoms with van der Waals surface area (Å²) in [6, 6.07) is 5.59. The lowest BCUT2D eigenvalue weighted by Gasteiger charge is -2.08. The van der Waals surface area contributed by atoms with Crippen molar-refractivity contribution in [2.45, 2.75) is 17.9 Å². The Morgan fingerprint density at radius 2 is 2.27 bits per heavy atom. The number of aliphatic hydroxyl groups excluding tert-OH is 1. The normalized spacial score (nSPS) is 10.6. The fourth-order valence-corrected chi connectivity index (χ4v) is 2.57. The number of rotatable bonds is 6. The van der Waals surface area contributed by atoms with Gasteiger partial charge < -0.3 is 9.84 Å². The lowest BCUT2D eigenvalue weighted by atomic mass is 10.2. The number of aliphatic hydroxyl groups is 1. The molecule has 2 nitrogen and oxygen atoms in total. The first-order valence-corrected chi connectivity index (χ1v) is 6.16. The third-order valence-electron chi connectivity index (χ3n) is 1.96. The van der Waals surface area contributed by atoms with Crippen molar-refractivity contribution in [1.82, 2.24) is 0 Å². The molecular formula is C11H15ClO2S. The number of hydrogen-bond acceptors (Lipinski definition) is 3. The summed E-state index contributed by atoms with van der Waals surface area (Å²) in [5.41, 5.74) is 0.893. The number of thioether (sulfide) groups is 1. The van der Waals surface area contributed by atoms with Gasteiger partial charge >= 0.3 is 0 Å². The van der Waals surface area contributed by atoms with Crippen LogP contribution in [0.15, 0.2) is 23.1 Å². The summed E-state index contributed by atoms with van der Waals surface area (Å²) >= 11 is 7.72. The van der Waals surface area contributed by atoms with Crippen LogP contribution < -0.4 is 0 Å². The molecule has 1 rings (SSSR count). The highest BCUT2D eigenvalue weighted by molar-refractivity contribution is 7.99. The summed E-state index contributed by atoms with van der Waals surface area (Å²) in [5.74, 6) is 0.949. The highest BCUT2D eigenvalue weighted by atomic mass is 35.5. The summed E-state index contributed by atoms with van der Waals surface area (Å²) in [5, 5.41) is 9.86. The first kappa shape index (κ1) is 12.8. The van der Waals surface area contributed by atoms with Crippen LogP contribution in [0.5, 0.6) is 0 Å². The van der Waals surface area contributed by atoms with Gasteiger partial charge in [0.05, 0.1) is 11.6 Å². The molecule has 0 aromatic heterocycles. The SMILES string of the molecule is COCCCSc1c(Cl)cccc1CO. The highest BCUT2D eigenvalue weighted by Gasteiger charge is 2.06. The van der Waals surface area contributed by atoms with Crippen LogP contribution in [0.2, 0.25) is 5.02 Å². The molecule has 0 spiro atoms. The van der Waals surface area contributed by atoms with Crippen LogP contribution in [-0.2, 0) is 11.3 Å². The van der Waals surface area contributed by atoms with E-state index in [0.717, 1.165) is 29.2 Å². The monoisotopic (exact) mass is 246 g/mol. The molecule has 0 atom stereocenters. The van der Waals surface area contributed by atoms with Gasteiger partial charge in [0.1, 0.15) is 0 Å². The largest absolute Gasteiger partial charge is 0.392 e. The van der Waals surface area contributed by atoms with Crippen molar-refractivity contribution in [2.75, 3.05) is 19.5 Å². The molecular weight excluding hydrogens is 232 g/mol. The molecule has 0 radical (unpaired) electrons. The van der Waals surface area contributed by atoms with Crippen LogP contribution in [-0.4, -0.2) is 24.6 Å². The van der Waals surface area contributed by atoms with E-state index in [1.54, 1.807) is 18.9 Å². The standard InChI is InChI=1S/C11H15ClO2S/c1-14-6-3-7-15-11-9(8-13)4-2-5-10(11)12/h2,4-5,13H,3,6-8H2,1H3. The van der Waals surface area contributed by atoms with Gasteiger partial charge in [-0.25, -0.2) is 0 Å². The van der Waals surface area contributed by atoms with Gasteiger partial charge in [-0.15, -0.1) is 11.8 Å². The summed E-state index contributed by atoms with van der Waals surface area (Å²) in [4.78, 5) is 0.984. The second-order valence-corrected chi connectivity index (χ2v) is 4.59. The second-order valence-electron chi connectivity index (χ2n) is 3.08. The van der Waals surface area contributed by atoms with Crippen molar-refractivity contribution >= 4 is 23.4 Å². The van der Waals surface area contributed by atoms with Gasteiger partial charge in [-0.2, -0.15) is 0 Å². The molecule has 15 heavy (non-hydrogen) atoms. The predicted octanol–water partition coefficient (Wildman–Crippen LogP) is 2.96. The van der Waals surface area contributed by atoms with E-state index in [1.807, 2.05) is 18.2 Å². The summed E-state index contributed by atoms with van der Waals surface area (Å²) in [6.07, 6.45) is 0.983. The van der Waals surface area contributed by atoms with Gasteiger partial charge in [-0.05, 0) is 18.1 Å². The van der Waals surface area contributed by atoms with Crippen molar-refractivity contribution in [3.63, 3.8) is 0 Å². The van der Waals surface area contributed by atoms with Crippen LogP contribution >= 0.6 is 23.4 Å². The molecule has 0 bridgehead atoms.